The molecule has 0 radical (unpaired) electrons. The molecule has 29 heavy (non-hydrogen) atoms. The number of phenolic OH excluding ortho intramolecular Hbond substituents is 1. The van der Waals surface area contributed by atoms with Crippen molar-refractivity contribution in [2.75, 3.05) is 6.61 Å². The summed E-state index contributed by atoms with van der Waals surface area (Å²) in [6.07, 6.45) is -7.24. The lowest BCUT2D eigenvalue weighted by Gasteiger charge is -2.39. The molecule has 2 aromatic carbocycles. The van der Waals surface area contributed by atoms with Gasteiger partial charge in [-0.15, -0.1) is 0 Å². The largest absolute Gasteiger partial charge is 0.508 e. The molecule has 0 spiro atoms. The third-order valence-electron chi connectivity index (χ3n) is 4.50. The number of carbonyl (C=O) groups is 1. The van der Waals surface area contributed by atoms with Gasteiger partial charge in [-0.05, 0) is 30.3 Å². The van der Waals surface area contributed by atoms with Gasteiger partial charge < -0.3 is 39.7 Å². The zero-order valence-corrected chi connectivity index (χ0v) is 15.3. The summed E-state index contributed by atoms with van der Waals surface area (Å²) < 4.78 is 16.1. The predicted molar refractivity (Wildman–Crippen MR) is 98.1 cm³/mol. The molecule has 5 atom stereocenters. The van der Waals surface area contributed by atoms with Gasteiger partial charge in [-0.3, -0.25) is 0 Å². The number of rotatable bonds is 6. The van der Waals surface area contributed by atoms with Crippen LogP contribution in [0.1, 0.15) is 15.9 Å². The number of carbonyl (C=O) groups excluding carboxylic acids is 1. The number of hydrogen-bond donors (Lipinski definition) is 5. The van der Waals surface area contributed by atoms with Crippen LogP contribution in [0.25, 0.3) is 0 Å². The van der Waals surface area contributed by atoms with Crippen molar-refractivity contribution in [2.45, 2.75) is 37.3 Å². The molecule has 9 nitrogen and oxygen atoms in total. The van der Waals surface area contributed by atoms with E-state index in [4.69, 9.17) is 14.2 Å². The van der Waals surface area contributed by atoms with Gasteiger partial charge in [0.2, 0.25) is 6.29 Å². The number of ether oxygens (including phenoxy) is 3. The van der Waals surface area contributed by atoms with E-state index < -0.39 is 43.3 Å². The molecule has 0 unspecified atom stereocenters. The van der Waals surface area contributed by atoms with Crippen LogP contribution < -0.4 is 4.74 Å². The van der Waals surface area contributed by atoms with Crippen LogP contribution in [0.5, 0.6) is 11.5 Å². The fourth-order valence-electron chi connectivity index (χ4n) is 2.88. The van der Waals surface area contributed by atoms with Gasteiger partial charge in [0.05, 0.1) is 12.2 Å². The highest BCUT2D eigenvalue weighted by molar-refractivity contribution is 5.89. The fraction of sp³-hybridized carbons (Fsp3) is 0.350. The molecule has 3 rings (SSSR count). The molecule has 1 fully saturated rings. The average molecular weight is 406 g/mol. The van der Waals surface area contributed by atoms with Crippen LogP contribution in [0, 0.1) is 0 Å². The third kappa shape index (κ3) is 4.84. The second-order valence-corrected chi connectivity index (χ2v) is 6.55. The first kappa shape index (κ1) is 21.0. The molecule has 2 aromatic rings. The summed E-state index contributed by atoms with van der Waals surface area (Å²) in [5.41, 5.74) is 0.635. The Labute approximate surface area is 166 Å². The molecular weight excluding hydrogens is 384 g/mol. The molecule has 1 heterocycles. The van der Waals surface area contributed by atoms with E-state index in [0.717, 1.165) is 0 Å². The lowest BCUT2D eigenvalue weighted by Crippen LogP contribution is -2.60. The summed E-state index contributed by atoms with van der Waals surface area (Å²) >= 11 is 0. The average Bonchev–Trinajstić information content (AvgIpc) is 2.74. The third-order valence-corrected chi connectivity index (χ3v) is 4.50. The van der Waals surface area contributed by atoms with E-state index in [2.05, 4.69) is 0 Å². The van der Waals surface area contributed by atoms with Crippen molar-refractivity contribution in [3.63, 3.8) is 0 Å². The van der Waals surface area contributed by atoms with Crippen molar-refractivity contribution in [2.24, 2.45) is 0 Å². The molecule has 0 aromatic heterocycles. The van der Waals surface area contributed by atoms with Crippen LogP contribution in [-0.2, 0) is 16.1 Å². The first-order chi connectivity index (χ1) is 13.9. The van der Waals surface area contributed by atoms with Crippen LogP contribution in [0.2, 0.25) is 0 Å². The van der Waals surface area contributed by atoms with Crippen molar-refractivity contribution in [3.05, 3.63) is 59.7 Å². The molecule has 0 amide bonds. The van der Waals surface area contributed by atoms with Crippen molar-refractivity contribution in [1.82, 2.24) is 0 Å². The van der Waals surface area contributed by atoms with Crippen molar-refractivity contribution >= 4 is 5.97 Å². The Kier molecular flexibility index (Phi) is 6.68. The Morgan fingerprint density at radius 3 is 2.41 bits per heavy atom. The van der Waals surface area contributed by atoms with Crippen molar-refractivity contribution in [1.29, 1.82) is 0 Å². The summed E-state index contributed by atoms with van der Waals surface area (Å²) in [7, 11) is 0. The van der Waals surface area contributed by atoms with Crippen molar-refractivity contribution in [3.8, 4) is 11.5 Å². The van der Waals surface area contributed by atoms with E-state index in [1.54, 1.807) is 30.3 Å². The minimum Gasteiger partial charge on any atom is -0.508 e. The molecule has 5 N–H and O–H groups in total. The van der Waals surface area contributed by atoms with Gasteiger partial charge in [0, 0.05) is 5.56 Å². The van der Waals surface area contributed by atoms with E-state index in [1.807, 2.05) is 0 Å². The van der Waals surface area contributed by atoms with Gasteiger partial charge in [-0.1, -0.05) is 18.2 Å². The first-order valence-corrected chi connectivity index (χ1v) is 8.92. The molecule has 0 bridgehead atoms. The Morgan fingerprint density at radius 1 is 1.00 bits per heavy atom. The van der Waals surface area contributed by atoms with Gasteiger partial charge in [-0.25, -0.2) is 4.79 Å². The Hall–Kier alpha value is -2.69. The molecule has 9 heteroatoms. The molecule has 1 aliphatic heterocycles. The number of benzene rings is 2. The lowest BCUT2D eigenvalue weighted by atomic mass is 9.99. The van der Waals surface area contributed by atoms with Gasteiger partial charge >= 0.3 is 5.97 Å². The Morgan fingerprint density at radius 2 is 1.72 bits per heavy atom. The smallest absolute Gasteiger partial charge is 0.338 e. The Balaban J connectivity index is 1.74. The highest BCUT2D eigenvalue weighted by Gasteiger charge is 2.44. The van der Waals surface area contributed by atoms with E-state index >= 15 is 0 Å². The standard InChI is InChI=1S/C20H22O9/c21-9-15-16(23)17(24)18(25)20(29-15)28-14-7-6-13(22)8-12(14)10-27-19(26)11-4-2-1-3-5-11/h1-8,15-18,20-25H,9-10H2/t15-,16-,17+,18-,20-/m0/s1. The number of hydrogen-bond acceptors (Lipinski definition) is 9. The lowest BCUT2D eigenvalue weighted by molar-refractivity contribution is -0.277. The molecule has 1 saturated heterocycles. The second-order valence-electron chi connectivity index (χ2n) is 6.55. The molecule has 0 saturated carbocycles. The molecular formula is C20H22O9. The minimum atomic E-state index is -1.60. The van der Waals surface area contributed by atoms with Crippen LogP contribution in [-0.4, -0.2) is 68.8 Å². The number of phenols is 1. The number of aliphatic hydroxyl groups excluding tert-OH is 4. The highest BCUT2D eigenvalue weighted by Crippen LogP contribution is 2.29. The summed E-state index contributed by atoms with van der Waals surface area (Å²) in [5, 5.41) is 48.9. The monoisotopic (exact) mass is 406 g/mol. The van der Waals surface area contributed by atoms with E-state index in [-0.39, 0.29) is 23.7 Å². The van der Waals surface area contributed by atoms with Crippen LogP contribution in [0.15, 0.2) is 48.5 Å². The summed E-state index contributed by atoms with van der Waals surface area (Å²) in [5.74, 6) is -0.558. The van der Waals surface area contributed by atoms with Gasteiger partial charge in [0.15, 0.2) is 0 Å². The summed E-state index contributed by atoms with van der Waals surface area (Å²) in [4.78, 5) is 12.1. The van der Waals surface area contributed by atoms with E-state index in [0.29, 0.717) is 5.56 Å². The van der Waals surface area contributed by atoms with Gasteiger partial charge in [0.1, 0.15) is 42.5 Å². The van der Waals surface area contributed by atoms with Crippen LogP contribution in [0.4, 0.5) is 0 Å². The SMILES string of the molecule is O=C(OCc1cc(O)ccc1O[C@H]1O[C@@H](CO)[C@H](O)[C@@H](O)[C@@H]1O)c1ccccc1. The topological polar surface area (TPSA) is 146 Å². The zero-order valence-electron chi connectivity index (χ0n) is 15.3. The maximum absolute atomic E-state index is 12.1. The van der Waals surface area contributed by atoms with Gasteiger partial charge in [0.25, 0.3) is 0 Å². The fourth-order valence-corrected chi connectivity index (χ4v) is 2.88. The molecule has 156 valence electrons. The first-order valence-electron chi connectivity index (χ1n) is 8.92. The van der Waals surface area contributed by atoms with Crippen molar-refractivity contribution < 1.29 is 44.5 Å². The highest BCUT2D eigenvalue weighted by atomic mass is 16.7. The summed E-state index contributed by atoms with van der Waals surface area (Å²) in [6.45, 7) is -0.836. The van der Waals surface area contributed by atoms with E-state index in [1.165, 1.54) is 18.2 Å². The number of aromatic hydroxyl groups is 1. The zero-order chi connectivity index (χ0) is 21.0. The maximum atomic E-state index is 12.1. The number of esters is 1. The second kappa shape index (κ2) is 9.21. The van der Waals surface area contributed by atoms with Crippen LogP contribution in [0.3, 0.4) is 0 Å². The minimum absolute atomic E-state index is 0.100. The quantitative estimate of drug-likeness (QED) is 0.416. The van der Waals surface area contributed by atoms with Crippen LogP contribution >= 0.6 is 0 Å². The number of aliphatic hydroxyl groups is 4. The maximum Gasteiger partial charge on any atom is 0.338 e. The van der Waals surface area contributed by atoms with E-state index in [9.17, 15) is 30.3 Å². The predicted octanol–water partition coefficient (Wildman–Crippen LogP) is -0.0721. The summed E-state index contributed by atoms with van der Waals surface area (Å²) in [6, 6.07) is 12.4. The Bertz CT molecular complexity index is 824. The molecule has 1 aliphatic rings. The van der Waals surface area contributed by atoms with Gasteiger partial charge in [-0.2, -0.15) is 0 Å². The normalized spacial score (nSPS) is 26.7. The molecule has 0 aliphatic carbocycles.